The van der Waals surface area contributed by atoms with E-state index in [-0.39, 0.29) is 5.02 Å². The number of rotatable bonds is 5. The Morgan fingerprint density at radius 1 is 1.14 bits per heavy atom. The fourth-order valence-electron chi connectivity index (χ4n) is 3.74. The first-order valence-electron chi connectivity index (χ1n) is 9.18. The second-order valence-electron chi connectivity index (χ2n) is 7.06. The molecule has 1 unspecified atom stereocenters. The van der Waals surface area contributed by atoms with E-state index in [9.17, 15) is 23.1 Å². The van der Waals surface area contributed by atoms with Crippen LogP contribution in [0, 0.1) is 5.92 Å². The highest BCUT2D eigenvalue weighted by Crippen LogP contribution is 2.39. The fourth-order valence-corrected chi connectivity index (χ4v) is 3.96. The number of hydrogen-bond donors (Lipinski definition) is 1. The molecule has 1 N–H and O–H groups in total. The molecular weight excluding hydrogens is 407 g/mol. The SMILES string of the molecule is COc1ccc(C(c2ccc(Cl)c(C(F)(F)F)c2)N2CCC(C(=O)O)CC2)cc1. The quantitative estimate of drug-likeness (QED) is 0.707. The molecule has 2 aromatic rings. The van der Waals surface area contributed by atoms with E-state index in [1.807, 2.05) is 17.0 Å². The van der Waals surface area contributed by atoms with Crippen LogP contribution in [-0.2, 0) is 11.0 Å². The lowest BCUT2D eigenvalue weighted by molar-refractivity contribution is -0.143. The standard InChI is InChI=1S/C21H21ClF3NO3/c1-29-16-5-2-13(3-6-16)19(26-10-8-14(9-11-26)20(27)28)15-4-7-18(22)17(12-15)21(23,24)25/h2-7,12,14,19H,8-11H2,1H3,(H,27,28). The lowest BCUT2D eigenvalue weighted by Crippen LogP contribution is -2.39. The maximum absolute atomic E-state index is 13.4. The van der Waals surface area contributed by atoms with Gasteiger partial charge < -0.3 is 9.84 Å². The highest BCUT2D eigenvalue weighted by atomic mass is 35.5. The number of methoxy groups -OCH3 is 1. The highest BCUT2D eigenvalue weighted by molar-refractivity contribution is 6.31. The Hall–Kier alpha value is -2.25. The lowest BCUT2D eigenvalue weighted by Gasteiger charge is -2.37. The van der Waals surface area contributed by atoms with Crippen LogP contribution < -0.4 is 4.74 Å². The molecule has 0 amide bonds. The number of benzene rings is 2. The molecule has 0 radical (unpaired) electrons. The predicted molar refractivity (Wildman–Crippen MR) is 103 cm³/mol. The molecule has 1 saturated heterocycles. The van der Waals surface area contributed by atoms with Crippen molar-refractivity contribution in [2.24, 2.45) is 5.92 Å². The average Bonchev–Trinajstić information content (AvgIpc) is 2.69. The summed E-state index contributed by atoms with van der Waals surface area (Å²) in [6, 6.07) is 10.6. The summed E-state index contributed by atoms with van der Waals surface area (Å²) in [6.45, 7) is 0.940. The van der Waals surface area contributed by atoms with Crippen molar-refractivity contribution in [2.45, 2.75) is 25.1 Å². The van der Waals surface area contributed by atoms with Gasteiger partial charge in [0.2, 0.25) is 0 Å². The maximum Gasteiger partial charge on any atom is 0.417 e. The van der Waals surface area contributed by atoms with Gasteiger partial charge in [0, 0.05) is 0 Å². The topological polar surface area (TPSA) is 49.8 Å². The van der Waals surface area contributed by atoms with Crippen LogP contribution in [0.15, 0.2) is 42.5 Å². The smallest absolute Gasteiger partial charge is 0.417 e. The predicted octanol–water partition coefficient (Wildman–Crippen LogP) is 5.25. The van der Waals surface area contributed by atoms with Crippen molar-refractivity contribution >= 4 is 17.6 Å². The van der Waals surface area contributed by atoms with Crippen molar-refractivity contribution in [3.05, 3.63) is 64.2 Å². The van der Waals surface area contributed by atoms with E-state index in [2.05, 4.69) is 0 Å². The second kappa shape index (κ2) is 8.63. The zero-order chi connectivity index (χ0) is 21.2. The Labute approximate surface area is 171 Å². The van der Waals surface area contributed by atoms with Gasteiger partial charge in [0.15, 0.2) is 0 Å². The molecule has 1 atom stereocenters. The molecule has 1 heterocycles. The largest absolute Gasteiger partial charge is 0.497 e. The van der Waals surface area contributed by atoms with Crippen molar-refractivity contribution in [1.82, 2.24) is 4.90 Å². The van der Waals surface area contributed by atoms with Gasteiger partial charge in [-0.15, -0.1) is 0 Å². The molecule has 1 aliphatic rings. The number of piperidine rings is 1. The highest BCUT2D eigenvalue weighted by Gasteiger charge is 2.35. The van der Waals surface area contributed by atoms with Gasteiger partial charge >= 0.3 is 12.1 Å². The van der Waals surface area contributed by atoms with Gasteiger partial charge in [-0.25, -0.2) is 0 Å². The second-order valence-corrected chi connectivity index (χ2v) is 7.47. The summed E-state index contributed by atoms with van der Waals surface area (Å²) in [6.07, 6.45) is -3.67. The molecule has 0 aromatic heterocycles. The number of carboxylic acid groups (broad SMARTS) is 1. The van der Waals surface area contributed by atoms with Gasteiger partial charge in [-0.2, -0.15) is 13.2 Å². The molecule has 1 aliphatic heterocycles. The van der Waals surface area contributed by atoms with Crippen molar-refractivity contribution in [1.29, 1.82) is 0 Å². The van der Waals surface area contributed by atoms with Gasteiger partial charge in [0.1, 0.15) is 5.75 Å². The third-order valence-corrected chi connectivity index (χ3v) is 5.62. The van der Waals surface area contributed by atoms with Crippen molar-refractivity contribution in [3.63, 3.8) is 0 Å². The molecule has 8 heteroatoms. The minimum absolute atomic E-state index is 0.348. The number of carbonyl (C=O) groups is 1. The normalized spacial score (nSPS) is 17.1. The first kappa shape index (κ1) is 21.5. The van der Waals surface area contributed by atoms with Gasteiger partial charge in [-0.1, -0.05) is 29.8 Å². The van der Waals surface area contributed by atoms with Gasteiger partial charge in [-0.3, -0.25) is 9.69 Å². The Morgan fingerprint density at radius 2 is 1.72 bits per heavy atom. The number of halogens is 4. The molecule has 0 saturated carbocycles. The van der Waals surface area contributed by atoms with E-state index in [1.165, 1.54) is 13.2 Å². The van der Waals surface area contributed by atoms with Crippen LogP contribution in [0.5, 0.6) is 5.75 Å². The van der Waals surface area contributed by atoms with Crippen LogP contribution in [-0.4, -0.2) is 36.2 Å². The summed E-state index contributed by atoms with van der Waals surface area (Å²) < 4.78 is 45.4. The molecule has 3 rings (SSSR count). The summed E-state index contributed by atoms with van der Waals surface area (Å²) in [4.78, 5) is 13.3. The zero-order valence-corrected chi connectivity index (χ0v) is 16.5. The molecule has 29 heavy (non-hydrogen) atoms. The van der Waals surface area contributed by atoms with E-state index >= 15 is 0 Å². The minimum atomic E-state index is -4.56. The van der Waals surface area contributed by atoms with E-state index in [0.29, 0.717) is 37.2 Å². The number of aliphatic carboxylic acids is 1. The molecule has 2 aromatic carbocycles. The zero-order valence-electron chi connectivity index (χ0n) is 15.7. The van der Waals surface area contributed by atoms with Gasteiger partial charge in [-0.05, 0) is 61.3 Å². The number of nitrogens with zero attached hydrogens (tertiary/aromatic N) is 1. The summed E-state index contributed by atoms with van der Waals surface area (Å²) >= 11 is 5.80. The molecule has 0 bridgehead atoms. The third-order valence-electron chi connectivity index (χ3n) is 5.29. The maximum atomic E-state index is 13.4. The Balaban J connectivity index is 2.00. The van der Waals surface area contributed by atoms with Gasteiger partial charge in [0.05, 0.1) is 29.7 Å². The molecule has 0 aliphatic carbocycles. The summed E-state index contributed by atoms with van der Waals surface area (Å²) in [5, 5.41) is 8.89. The summed E-state index contributed by atoms with van der Waals surface area (Å²) in [5.74, 6) is -0.626. The van der Waals surface area contributed by atoms with E-state index in [0.717, 1.165) is 11.6 Å². The lowest BCUT2D eigenvalue weighted by atomic mass is 9.90. The molecule has 0 spiro atoms. The number of alkyl halides is 3. The molecular formula is C21H21ClF3NO3. The van der Waals surface area contributed by atoms with E-state index in [1.54, 1.807) is 18.2 Å². The number of ether oxygens (including phenoxy) is 1. The van der Waals surface area contributed by atoms with Crippen molar-refractivity contribution in [2.75, 3.05) is 20.2 Å². The van der Waals surface area contributed by atoms with Crippen LogP contribution in [0.1, 0.15) is 35.6 Å². The van der Waals surface area contributed by atoms with Crippen LogP contribution >= 0.6 is 11.6 Å². The molecule has 156 valence electrons. The average molecular weight is 428 g/mol. The van der Waals surface area contributed by atoms with Crippen molar-refractivity contribution in [3.8, 4) is 5.75 Å². The van der Waals surface area contributed by atoms with Crippen LogP contribution in [0.2, 0.25) is 5.02 Å². The molecule has 1 fully saturated rings. The Kier molecular flexibility index (Phi) is 6.39. The minimum Gasteiger partial charge on any atom is -0.497 e. The first-order valence-corrected chi connectivity index (χ1v) is 9.56. The van der Waals surface area contributed by atoms with E-state index < -0.39 is 29.7 Å². The van der Waals surface area contributed by atoms with Crippen molar-refractivity contribution < 1.29 is 27.8 Å². The first-order chi connectivity index (χ1) is 13.7. The number of hydrogen-bond acceptors (Lipinski definition) is 3. The van der Waals surface area contributed by atoms with E-state index in [4.69, 9.17) is 16.3 Å². The fraction of sp³-hybridized carbons (Fsp3) is 0.381. The Morgan fingerprint density at radius 3 is 2.24 bits per heavy atom. The van der Waals surface area contributed by atoms with Gasteiger partial charge in [0.25, 0.3) is 0 Å². The monoisotopic (exact) mass is 427 g/mol. The molecule has 4 nitrogen and oxygen atoms in total. The summed E-state index contributed by atoms with van der Waals surface area (Å²) in [5.41, 5.74) is 0.381. The van der Waals surface area contributed by atoms with Crippen LogP contribution in [0.25, 0.3) is 0 Å². The summed E-state index contributed by atoms with van der Waals surface area (Å²) in [7, 11) is 1.54. The third kappa shape index (κ3) is 4.85. The number of likely N-dealkylation sites (tertiary alicyclic amines) is 1. The Bertz CT molecular complexity index is 862. The van der Waals surface area contributed by atoms with Crippen LogP contribution in [0.3, 0.4) is 0 Å². The number of carboxylic acids is 1. The van der Waals surface area contributed by atoms with Crippen LogP contribution in [0.4, 0.5) is 13.2 Å².